The number of nitrogens with zero attached hydrogens (tertiary/aromatic N) is 6. The lowest BCUT2D eigenvalue weighted by Crippen LogP contribution is -2.12. The van der Waals surface area contributed by atoms with Gasteiger partial charge in [0.05, 0.1) is 6.04 Å². The molecule has 0 spiro atoms. The van der Waals surface area contributed by atoms with E-state index in [-0.39, 0.29) is 6.04 Å². The average molecular weight is 370 g/mol. The molecule has 5 aromatic rings. The van der Waals surface area contributed by atoms with E-state index in [0.717, 1.165) is 23.8 Å². The van der Waals surface area contributed by atoms with E-state index in [2.05, 4.69) is 80.6 Å². The molecule has 0 N–H and O–H groups in total. The van der Waals surface area contributed by atoms with E-state index in [1.54, 1.807) is 6.33 Å². The Morgan fingerprint density at radius 1 is 1.04 bits per heavy atom. The summed E-state index contributed by atoms with van der Waals surface area (Å²) >= 11 is 0. The fourth-order valence-corrected chi connectivity index (χ4v) is 4.18. The van der Waals surface area contributed by atoms with Crippen LogP contribution in [0.4, 0.5) is 0 Å². The summed E-state index contributed by atoms with van der Waals surface area (Å²) in [4.78, 5) is 4.66. The fraction of sp³-hybridized carbons (Fsp3) is 0.227. The molecular formula is C22H22N6. The highest BCUT2D eigenvalue weighted by Crippen LogP contribution is 2.33. The van der Waals surface area contributed by atoms with Crippen molar-refractivity contribution in [2.75, 3.05) is 0 Å². The first-order valence-electron chi connectivity index (χ1n) is 9.57. The number of aryl methyl sites for hydroxylation is 2. The van der Waals surface area contributed by atoms with E-state index in [9.17, 15) is 0 Å². The van der Waals surface area contributed by atoms with E-state index in [4.69, 9.17) is 0 Å². The molecule has 0 aliphatic rings. The Kier molecular flexibility index (Phi) is 3.79. The van der Waals surface area contributed by atoms with E-state index in [1.807, 2.05) is 24.0 Å². The van der Waals surface area contributed by atoms with E-state index < -0.39 is 0 Å². The Morgan fingerprint density at radius 3 is 2.64 bits per heavy atom. The number of fused-ring (bicyclic) bond motifs is 3. The zero-order valence-corrected chi connectivity index (χ0v) is 16.2. The van der Waals surface area contributed by atoms with Crippen molar-refractivity contribution >= 4 is 21.8 Å². The molecule has 0 aliphatic carbocycles. The molecule has 0 unspecified atom stereocenters. The minimum Gasteiger partial charge on any atom is -0.341 e. The molecule has 2 aromatic carbocycles. The summed E-state index contributed by atoms with van der Waals surface area (Å²) in [5, 5.41) is 10.8. The largest absolute Gasteiger partial charge is 0.341 e. The lowest BCUT2D eigenvalue weighted by atomic mass is 10.1. The SMILES string of the molecule is CCn1c2ccccc2c2cc(-c3nccn3[C@@H](C)c3nncn3C)ccc21. The number of hydrogen-bond acceptors (Lipinski definition) is 3. The second-order valence-electron chi connectivity index (χ2n) is 7.13. The molecule has 3 aromatic heterocycles. The summed E-state index contributed by atoms with van der Waals surface area (Å²) in [6.07, 6.45) is 5.59. The molecule has 0 radical (unpaired) electrons. The van der Waals surface area contributed by atoms with Crippen LogP contribution in [0, 0.1) is 0 Å². The minimum absolute atomic E-state index is 0.0395. The van der Waals surface area contributed by atoms with Crippen molar-refractivity contribution in [2.24, 2.45) is 7.05 Å². The van der Waals surface area contributed by atoms with Crippen LogP contribution in [0.2, 0.25) is 0 Å². The summed E-state index contributed by atoms with van der Waals surface area (Å²) in [6.45, 7) is 5.26. The van der Waals surface area contributed by atoms with Crippen molar-refractivity contribution < 1.29 is 0 Å². The van der Waals surface area contributed by atoms with Gasteiger partial charge >= 0.3 is 0 Å². The smallest absolute Gasteiger partial charge is 0.155 e. The summed E-state index contributed by atoms with van der Waals surface area (Å²) in [7, 11) is 1.97. The van der Waals surface area contributed by atoms with Crippen LogP contribution >= 0.6 is 0 Å². The molecule has 28 heavy (non-hydrogen) atoms. The molecule has 3 heterocycles. The molecule has 1 atom stereocenters. The van der Waals surface area contributed by atoms with Crippen LogP contribution in [-0.4, -0.2) is 28.9 Å². The summed E-state index contributed by atoms with van der Waals surface area (Å²) in [5.74, 6) is 1.84. The van der Waals surface area contributed by atoms with Gasteiger partial charge in [0.15, 0.2) is 5.82 Å². The maximum Gasteiger partial charge on any atom is 0.155 e. The Bertz CT molecular complexity index is 1290. The second kappa shape index (κ2) is 6.34. The van der Waals surface area contributed by atoms with Crippen LogP contribution in [0.15, 0.2) is 61.2 Å². The van der Waals surface area contributed by atoms with Crippen molar-refractivity contribution in [3.05, 3.63) is 67.0 Å². The predicted octanol–water partition coefficient (Wildman–Crippen LogP) is 4.42. The van der Waals surface area contributed by atoms with Gasteiger partial charge in [0.2, 0.25) is 0 Å². The van der Waals surface area contributed by atoms with Crippen LogP contribution in [0.1, 0.15) is 25.7 Å². The van der Waals surface area contributed by atoms with Crippen molar-refractivity contribution in [1.82, 2.24) is 28.9 Å². The van der Waals surface area contributed by atoms with Crippen molar-refractivity contribution in [3.63, 3.8) is 0 Å². The molecule has 5 rings (SSSR count). The summed E-state index contributed by atoms with van der Waals surface area (Å²) < 4.78 is 6.47. The van der Waals surface area contributed by atoms with Gasteiger partial charge in [0.25, 0.3) is 0 Å². The lowest BCUT2D eigenvalue weighted by Gasteiger charge is -2.16. The van der Waals surface area contributed by atoms with E-state index in [0.29, 0.717) is 0 Å². The van der Waals surface area contributed by atoms with Gasteiger partial charge in [-0.25, -0.2) is 4.98 Å². The predicted molar refractivity (Wildman–Crippen MR) is 111 cm³/mol. The molecule has 0 saturated heterocycles. The number of hydrogen-bond donors (Lipinski definition) is 0. The van der Waals surface area contributed by atoms with Crippen LogP contribution in [-0.2, 0) is 13.6 Å². The van der Waals surface area contributed by atoms with Crippen molar-refractivity contribution in [2.45, 2.75) is 26.4 Å². The monoisotopic (exact) mass is 370 g/mol. The standard InChI is InChI=1S/C22H22N6/c1-4-27-19-8-6-5-7-17(19)18-13-16(9-10-20(18)27)22-23-11-12-28(22)15(2)21-25-24-14-26(21)3/h5-15H,4H2,1-3H3/t15-/m0/s1. The number of para-hydroxylation sites is 1. The normalized spacial score (nSPS) is 12.8. The highest BCUT2D eigenvalue weighted by Gasteiger charge is 2.18. The lowest BCUT2D eigenvalue weighted by molar-refractivity contribution is 0.578. The maximum atomic E-state index is 4.66. The van der Waals surface area contributed by atoms with E-state index >= 15 is 0 Å². The first-order valence-corrected chi connectivity index (χ1v) is 9.57. The number of rotatable bonds is 4. The summed E-state index contributed by atoms with van der Waals surface area (Å²) in [6, 6.07) is 15.3. The number of imidazole rings is 1. The third-order valence-electron chi connectivity index (χ3n) is 5.55. The molecule has 140 valence electrons. The van der Waals surface area contributed by atoms with Gasteiger partial charge in [-0.3, -0.25) is 0 Å². The molecule has 0 fully saturated rings. The molecule has 6 heteroatoms. The third-order valence-corrected chi connectivity index (χ3v) is 5.55. The first kappa shape index (κ1) is 16.7. The number of benzene rings is 2. The average Bonchev–Trinajstić information content (AvgIpc) is 3.44. The zero-order valence-electron chi connectivity index (χ0n) is 16.2. The fourth-order valence-electron chi connectivity index (χ4n) is 4.18. The van der Waals surface area contributed by atoms with Gasteiger partial charge in [0.1, 0.15) is 12.2 Å². The second-order valence-corrected chi connectivity index (χ2v) is 7.13. The Morgan fingerprint density at radius 2 is 1.86 bits per heavy atom. The van der Waals surface area contributed by atoms with Gasteiger partial charge in [0, 0.05) is 53.4 Å². The summed E-state index contributed by atoms with van der Waals surface area (Å²) in [5.41, 5.74) is 3.63. The maximum absolute atomic E-state index is 4.66. The van der Waals surface area contributed by atoms with Gasteiger partial charge in [-0.05, 0) is 38.1 Å². The molecule has 0 bridgehead atoms. The first-order chi connectivity index (χ1) is 13.7. The minimum atomic E-state index is 0.0395. The van der Waals surface area contributed by atoms with Gasteiger partial charge in [-0.15, -0.1) is 10.2 Å². The molecule has 0 saturated carbocycles. The molecule has 6 nitrogen and oxygen atoms in total. The van der Waals surface area contributed by atoms with Gasteiger partial charge in [-0.1, -0.05) is 18.2 Å². The number of aromatic nitrogens is 6. The van der Waals surface area contributed by atoms with Crippen molar-refractivity contribution in [1.29, 1.82) is 0 Å². The molecule has 0 aliphatic heterocycles. The molecule has 0 amide bonds. The highest BCUT2D eigenvalue weighted by atomic mass is 15.3. The van der Waals surface area contributed by atoms with Crippen LogP contribution in [0.25, 0.3) is 33.2 Å². The highest BCUT2D eigenvalue weighted by molar-refractivity contribution is 6.09. The van der Waals surface area contributed by atoms with E-state index in [1.165, 1.54) is 21.8 Å². The quantitative estimate of drug-likeness (QED) is 0.471. The van der Waals surface area contributed by atoms with Crippen LogP contribution in [0.3, 0.4) is 0 Å². The Hall–Kier alpha value is -3.41. The van der Waals surface area contributed by atoms with Crippen LogP contribution < -0.4 is 0 Å². The van der Waals surface area contributed by atoms with Crippen molar-refractivity contribution in [3.8, 4) is 11.4 Å². The third kappa shape index (κ3) is 2.37. The zero-order chi connectivity index (χ0) is 19.3. The van der Waals surface area contributed by atoms with Gasteiger partial charge in [-0.2, -0.15) is 0 Å². The van der Waals surface area contributed by atoms with Crippen LogP contribution in [0.5, 0.6) is 0 Å². The van der Waals surface area contributed by atoms with Gasteiger partial charge < -0.3 is 13.7 Å². The Balaban J connectivity index is 1.68. The topological polar surface area (TPSA) is 53.5 Å². The molecular weight excluding hydrogens is 348 g/mol. The Labute approximate surface area is 163 Å².